The van der Waals surface area contributed by atoms with Crippen LogP contribution in [-0.4, -0.2) is 7.05 Å². The van der Waals surface area contributed by atoms with Crippen LogP contribution in [0.3, 0.4) is 0 Å². The first-order chi connectivity index (χ1) is 9.19. The first kappa shape index (κ1) is 13.8. The van der Waals surface area contributed by atoms with Crippen molar-refractivity contribution >= 4 is 11.6 Å². The van der Waals surface area contributed by atoms with Gasteiger partial charge in [-0.3, -0.25) is 0 Å². The molecule has 2 aromatic rings. The maximum atomic E-state index is 13.1. The zero-order chi connectivity index (χ0) is 13.7. The molecule has 0 saturated heterocycles. The molecule has 2 aromatic carbocycles. The Morgan fingerprint density at radius 3 is 2.79 bits per heavy atom. The standard InChI is InChI=1S/C15H15ClFNO/c1-18-9-12-8-13(16)5-6-15(12)19-10-11-3-2-4-14(17)7-11/h2-8,18H,9-10H2,1H3. The summed E-state index contributed by atoms with van der Waals surface area (Å²) in [5.41, 5.74) is 1.77. The molecule has 0 aliphatic rings. The van der Waals surface area contributed by atoms with Crippen molar-refractivity contribution in [2.75, 3.05) is 7.05 Å². The fraction of sp³-hybridized carbons (Fsp3) is 0.200. The molecule has 0 atom stereocenters. The van der Waals surface area contributed by atoms with Crippen molar-refractivity contribution in [3.05, 3.63) is 64.4 Å². The van der Waals surface area contributed by atoms with Crippen molar-refractivity contribution in [2.24, 2.45) is 0 Å². The largest absolute Gasteiger partial charge is 0.489 e. The van der Waals surface area contributed by atoms with Gasteiger partial charge in [0.15, 0.2) is 0 Å². The van der Waals surface area contributed by atoms with Gasteiger partial charge in [-0.15, -0.1) is 0 Å². The highest BCUT2D eigenvalue weighted by Crippen LogP contribution is 2.23. The van der Waals surface area contributed by atoms with Crippen molar-refractivity contribution in [2.45, 2.75) is 13.2 Å². The Kier molecular flexibility index (Phi) is 4.77. The normalized spacial score (nSPS) is 10.5. The van der Waals surface area contributed by atoms with Gasteiger partial charge in [0.25, 0.3) is 0 Å². The van der Waals surface area contributed by atoms with Crippen LogP contribution < -0.4 is 10.1 Å². The van der Waals surface area contributed by atoms with E-state index >= 15 is 0 Å². The molecule has 2 nitrogen and oxygen atoms in total. The van der Waals surface area contributed by atoms with Gasteiger partial charge in [0, 0.05) is 17.1 Å². The van der Waals surface area contributed by atoms with E-state index in [2.05, 4.69) is 5.32 Å². The molecule has 0 saturated carbocycles. The number of hydrogen-bond acceptors (Lipinski definition) is 2. The van der Waals surface area contributed by atoms with Crippen LogP contribution in [0.4, 0.5) is 4.39 Å². The quantitative estimate of drug-likeness (QED) is 0.899. The second-order valence-electron chi connectivity index (χ2n) is 4.20. The molecule has 0 heterocycles. The number of hydrogen-bond donors (Lipinski definition) is 1. The highest BCUT2D eigenvalue weighted by atomic mass is 35.5. The van der Waals surface area contributed by atoms with Crippen molar-refractivity contribution in [1.29, 1.82) is 0 Å². The van der Waals surface area contributed by atoms with E-state index in [1.54, 1.807) is 12.1 Å². The van der Waals surface area contributed by atoms with Crippen LogP contribution in [0.25, 0.3) is 0 Å². The first-order valence-corrected chi connectivity index (χ1v) is 6.37. The fourth-order valence-corrected chi connectivity index (χ4v) is 2.00. The summed E-state index contributed by atoms with van der Waals surface area (Å²) in [5.74, 6) is 0.496. The Labute approximate surface area is 117 Å². The van der Waals surface area contributed by atoms with Crippen LogP contribution in [0, 0.1) is 5.82 Å². The molecule has 0 amide bonds. The van der Waals surface area contributed by atoms with Crippen LogP contribution in [0.1, 0.15) is 11.1 Å². The van der Waals surface area contributed by atoms with Crippen LogP contribution in [0.5, 0.6) is 5.75 Å². The highest BCUT2D eigenvalue weighted by molar-refractivity contribution is 6.30. The third-order valence-corrected chi connectivity index (χ3v) is 2.91. The Morgan fingerprint density at radius 2 is 2.05 bits per heavy atom. The Morgan fingerprint density at radius 1 is 1.21 bits per heavy atom. The maximum Gasteiger partial charge on any atom is 0.124 e. The summed E-state index contributed by atoms with van der Waals surface area (Å²) in [6.45, 7) is 0.995. The predicted octanol–water partition coefficient (Wildman–Crippen LogP) is 3.78. The molecule has 19 heavy (non-hydrogen) atoms. The molecule has 0 aliphatic carbocycles. The van der Waals surface area contributed by atoms with E-state index in [0.717, 1.165) is 16.9 Å². The number of nitrogens with one attached hydrogen (secondary N) is 1. The summed E-state index contributed by atoms with van der Waals surface area (Å²) >= 11 is 5.96. The molecule has 0 aromatic heterocycles. The number of ether oxygens (including phenoxy) is 1. The van der Waals surface area contributed by atoms with Gasteiger partial charge in [0.1, 0.15) is 18.2 Å². The van der Waals surface area contributed by atoms with Gasteiger partial charge in [-0.05, 0) is 42.9 Å². The monoisotopic (exact) mass is 279 g/mol. The molecular formula is C15H15ClFNO. The van der Waals surface area contributed by atoms with Gasteiger partial charge in [0.05, 0.1) is 0 Å². The molecule has 100 valence electrons. The number of rotatable bonds is 5. The van der Waals surface area contributed by atoms with Gasteiger partial charge >= 0.3 is 0 Å². The van der Waals surface area contributed by atoms with E-state index in [0.29, 0.717) is 18.2 Å². The highest BCUT2D eigenvalue weighted by Gasteiger charge is 2.05. The summed E-state index contributed by atoms with van der Waals surface area (Å²) < 4.78 is 18.8. The summed E-state index contributed by atoms with van der Waals surface area (Å²) in [7, 11) is 1.86. The maximum absolute atomic E-state index is 13.1. The summed E-state index contributed by atoms with van der Waals surface area (Å²) in [4.78, 5) is 0. The van der Waals surface area contributed by atoms with E-state index in [4.69, 9.17) is 16.3 Å². The second kappa shape index (κ2) is 6.55. The van der Waals surface area contributed by atoms with E-state index in [1.807, 2.05) is 25.2 Å². The smallest absolute Gasteiger partial charge is 0.124 e. The zero-order valence-electron chi connectivity index (χ0n) is 10.6. The van der Waals surface area contributed by atoms with Crippen molar-refractivity contribution < 1.29 is 9.13 Å². The SMILES string of the molecule is CNCc1cc(Cl)ccc1OCc1cccc(F)c1. The molecule has 0 radical (unpaired) electrons. The second-order valence-corrected chi connectivity index (χ2v) is 4.64. The fourth-order valence-electron chi connectivity index (χ4n) is 1.81. The molecule has 0 bridgehead atoms. The molecule has 0 aliphatic heterocycles. The van der Waals surface area contributed by atoms with E-state index in [9.17, 15) is 4.39 Å². The van der Waals surface area contributed by atoms with Gasteiger partial charge in [0.2, 0.25) is 0 Å². The van der Waals surface area contributed by atoms with Crippen molar-refractivity contribution in [3.8, 4) is 5.75 Å². The zero-order valence-corrected chi connectivity index (χ0v) is 11.4. The van der Waals surface area contributed by atoms with Crippen LogP contribution in [0.15, 0.2) is 42.5 Å². The Bertz CT molecular complexity index is 560. The lowest BCUT2D eigenvalue weighted by Gasteiger charge is -2.12. The first-order valence-electron chi connectivity index (χ1n) is 5.99. The minimum absolute atomic E-state index is 0.257. The average Bonchev–Trinajstić information content (AvgIpc) is 2.38. The van der Waals surface area contributed by atoms with E-state index in [-0.39, 0.29) is 5.82 Å². The van der Waals surface area contributed by atoms with E-state index < -0.39 is 0 Å². The minimum Gasteiger partial charge on any atom is -0.489 e. The Hall–Kier alpha value is -1.58. The average molecular weight is 280 g/mol. The van der Waals surface area contributed by atoms with Crippen LogP contribution >= 0.6 is 11.6 Å². The number of benzene rings is 2. The molecule has 2 rings (SSSR count). The predicted molar refractivity (Wildman–Crippen MR) is 74.9 cm³/mol. The van der Waals surface area contributed by atoms with Gasteiger partial charge < -0.3 is 10.1 Å². The third kappa shape index (κ3) is 3.94. The van der Waals surface area contributed by atoms with Crippen LogP contribution in [0.2, 0.25) is 5.02 Å². The molecule has 0 spiro atoms. The van der Waals surface area contributed by atoms with Gasteiger partial charge in [-0.1, -0.05) is 23.7 Å². The lowest BCUT2D eigenvalue weighted by atomic mass is 10.2. The molecule has 4 heteroatoms. The van der Waals surface area contributed by atoms with Gasteiger partial charge in [-0.2, -0.15) is 0 Å². The van der Waals surface area contributed by atoms with Crippen molar-refractivity contribution in [3.63, 3.8) is 0 Å². The number of halogens is 2. The minimum atomic E-state index is -0.257. The molecular weight excluding hydrogens is 265 g/mol. The van der Waals surface area contributed by atoms with Gasteiger partial charge in [-0.25, -0.2) is 4.39 Å². The summed E-state index contributed by atoms with van der Waals surface area (Å²) in [6.07, 6.45) is 0. The molecule has 0 fully saturated rings. The molecule has 0 unspecified atom stereocenters. The summed E-state index contributed by atoms with van der Waals surface area (Å²) in [5, 5.41) is 3.73. The van der Waals surface area contributed by atoms with Crippen LogP contribution in [-0.2, 0) is 13.2 Å². The lowest BCUT2D eigenvalue weighted by molar-refractivity contribution is 0.302. The third-order valence-electron chi connectivity index (χ3n) is 2.67. The van der Waals surface area contributed by atoms with Crippen molar-refractivity contribution in [1.82, 2.24) is 5.32 Å². The van der Waals surface area contributed by atoms with E-state index in [1.165, 1.54) is 12.1 Å². The summed E-state index contributed by atoms with van der Waals surface area (Å²) in [6, 6.07) is 11.8. The molecule has 1 N–H and O–H groups in total. The topological polar surface area (TPSA) is 21.3 Å². The lowest BCUT2D eigenvalue weighted by Crippen LogP contribution is -2.07. The Balaban J connectivity index is 2.10.